The van der Waals surface area contributed by atoms with Gasteiger partial charge in [0.25, 0.3) is 5.91 Å². The molecule has 1 N–H and O–H groups in total. The minimum absolute atomic E-state index is 0.00605. The summed E-state index contributed by atoms with van der Waals surface area (Å²) in [4.78, 5) is 14.8. The van der Waals surface area contributed by atoms with Crippen LogP contribution in [0.4, 0.5) is 5.69 Å². The predicted octanol–water partition coefficient (Wildman–Crippen LogP) is 4.39. The molecule has 1 atom stereocenters. The van der Waals surface area contributed by atoms with Gasteiger partial charge in [-0.15, -0.1) is 0 Å². The molecule has 4 rings (SSSR count). The predicted molar refractivity (Wildman–Crippen MR) is 97.9 cm³/mol. The first-order valence-corrected chi connectivity index (χ1v) is 8.23. The average molecular weight is 330 g/mol. The average Bonchev–Trinajstić information content (AvgIpc) is 3.17. The van der Waals surface area contributed by atoms with Crippen LogP contribution in [-0.4, -0.2) is 17.0 Å². The highest BCUT2D eigenvalue weighted by atomic mass is 16.3. The molecule has 1 amide bonds. The molecule has 3 aromatic rings. The van der Waals surface area contributed by atoms with Crippen LogP contribution in [0.2, 0.25) is 0 Å². The number of carbonyl (C=O) groups is 1. The molecule has 0 saturated heterocycles. The van der Waals surface area contributed by atoms with Crippen LogP contribution in [0.25, 0.3) is 6.08 Å². The van der Waals surface area contributed by atoms with Crippen molar-refractivity contribution in [3.8, 4) is 0 Å². The Balaban J connectivity index is 1.66. The van der Waals surface area contributed by atoms with Crippen molar-refractivity contribution < 1.29 is 9.21 Å². The molecular weight excluding hydrogens is 312 g/mol. The third-order valence-electron chi connectivity index (χ3n) is 4.23. The first-order valence-electron chi connectivity index (χ1n) is 8.23. The number of amides is 1. The molecular formula is C21H18N2O2. The van der Waals surface area contributed by atoms with E-state index in [4.69, 9.17) is 4.42 Å². The Hall–Kier alpha value is -3.27. The summed E-state index contributed by atoms with van der Waals surface area (Å²) < 4.78 is 5.44. The van der Waals surface area contributed by atoms with E-state index >= 15 is 0 Å². The number of carbonyl (C=O) groups excluding carboxylic acids is 1. The van der Waals surface area contributed by atoms with Crippen LogP contribution in [0.3, 0.4) is 0 Å². The van der Waals surface area contributed by atoms with Crippen molar-refractivity contribution in [1.29, 1.82) is 0 Å². The molecule has 0 bridgehead atoms. The molecule has 1 aliphatic heterocycles. The lowest BCUT2D eigenvalue weighted by Crippen LogP contribution is -2.47. The van der Waals surface area contributed by atoms with Crippen molar-refractivity contribution in [3.05, 3.63) is 96.0 Å². The van der Waals surface area contributed by atoms with Crippen LogP contribution >= 0.6 is 0 Å². The summed E-state index contributed by atoms with van der Waals surface area (Å²) in [5.74, 6) is 0.751. The SMILES string of the molecule is O=C1c2ccccc2N[C@H](/C=C/c2ccccc2)N1Cc1ccco1. The van der Waals surface area contributed by atoms with Crippen LogP contribution < -0.4 is 5.32 Å². The third-order valence-corrected chi connectivity index (χ3v) is 4.23. The molecule has 2 aromatic carbocycles. The van der Waals surface area contributed by atoms with Gasteiger partial charge in [0, 0.05) is 5.69 Å². The lowest BCUT2D eigenvalue weighted by Gasteiger charge is -2.35. The van der Waals surface area contributed by atoms with Crippen LogP contribution in [0.15, 0.2) is 83.5 Å². The lowest BCUT2D eigenvalue weighted by molar-refractivity contribution is 0.0690. The molecule has 0 fully saturated rings. The maximum absolute atomic E-state index is 13.0. The van der Waals surface area contributed by atoms with Gasteiger partial charge < -0.3 is 14.6 Å². The number of nitrogens with one attached hydrogen (secondary N) is 1. The lowest BCUT2D eigenvalue weighted by atomic mass is 10.1. The summed E-state index contributed by atoms with van der Waals surface area (Å²) in [5.41, 5.74) is 2.62. The van der Waals surface area contributed by atoms with Crippen molar-refractivity contribution in [2.24, 2.45) is 0 Å². The van der Waals surface area contributed by atoms with E-state index in [1.807, 2.05) is 78.9 Å². The Morgan fingerprint density at radius 2 is 1.80 bits per heavy atom. The molecule has 4 nitrogen and oxygen atoms in total. The number of rotatable bonds is 4. The molecule has 1 aliphatic rings. The highest BCUT2D eigenvalue weighted by Crippen LogP contribution is 2.27. The second-order valence-electron chi connectivity index (χ2n) is 5.92. The van der Waals surface area contributed by atoms with E-state index in [1.165, 1.54) is 0 Å². The molecule has 0 unspecified atom stereocenters. The molecule has 124 valence electrons. The molecule has 0 aliphatic carbocycles. The zero-order chi connectivity index (χ0) is 17.1. The fourth-order valence-electron chi connectivity index (χ4n) is 2.97. The van der Waals surface area contributed by atoms with Crippen molar-refractivity contribution in [1.82, 2.24) is 4.90 Å². The molecule has 25 heavy (non-hydrogen) atoms. The second-order valence-corrected chi connectivity index (χ2v) is 5.92. The van der Waals surface area contributed by atoms with Crippen LogP contribution in [0, 0.1) is 0 Å². The maximum Gasteiger partial charge on any atom is 0.258 e. The molecule has 0 radical (unpaired) electrons. The topological polar surface area (TPSA) is 45.5 Å². The minimum Gasteiger partial charge on any atom is -0.467 e. The van der Waals surface area contributed by atoms with Gasteiger partial charge in [-0.3, -0.25) is 4.79 Å². The maximum atomic E-state index is 13.0. The third kappa shape index (κ3) is 3.19. The summed E-state index contributed by atoms with van der Waals surface area (Å²) in [5, 5.41) is 3.44. The Kier molecular flexibility index (Phi) is 4.09. The number of anilines is 1. The van der Waals surface area contributed by atoms with Gasteiger partial charge in [0.2, 0.25) is 0 Å². The van der Waals surface area contributed by atoms with E-state index < -0.39 is 0 Å². The van der Waals surface area contributed by atoms with E-state index in [0.717, 1.165) is 17.0 Å². The number of furan rings is 1. The van der Waals surface area contributed by atoms with Crippen LogP contribution in [0.1, 0.15) is 21.7 Å². The highest BCUT2D eigenvalue weighted by Gasteiger charge is 2.30. The van der Waals surface area contributed by atoms with Gasteiger partial charge in [-0.1, -0.05) is 48.5 Å². The van der Waals surface area contributed by atoms with Crippen molar-refractivity contribution in [2.45, 2.75) is 12.7 Å². The van der Waals surface area contributed by atoms with Gasteiger partial charge in [0.1, 0.15) is 11.9 Å². The number of hydrogen-bond acceptors (Lipinski definition) is 3. The Morgan fingerprint density at radius 1 is 1.00 bits per heavy atom. The van der Waals surface area contributed by atoms with Gasteiger partial charge in [-0.05, 0) is 35.9 Å². The number of benzene rings is 2. The number of fused-ring (bicyclic) bond motifs is 1. The van der Waals surface area contributed by atoms with E-state index in [2.05, 4.69) is 5.32 Å². The first kappa shape index (κ1) is 15.3. The van der Waals surface area contributed by atoms with Crippen molar-refractivity contribution in [2.75, 3.05) is 5.32 Å². The molecule has 0 spiro atoms. The summed E-state index contributed by atoms with van der Waals surface area (Å²) in [7, 11) is 0. The number of para-hydroxylation sites is 1. The van der Waals surface area contributed by atoms with Crippen molar-refractivity contribution in [3.63, 3.8) is 0 Å². The first-order chi connectivity index (χ1) is 12.3. The highest BCUT2D eigenvalue weighted by molar-refractivity contribution is 6.01. The van der Waals surface area contributed by atoms with Gasteiger partial charge in [0.05, 0.1) is 18.4 Å². The summed E-state index contributed by atoms with van der Waals surface area (Å²) in [6.07, 6.45) is 5.41. The fourth-order valence-corrected chi connectivity index (χ4v) is 2.97. The van der Waals surface area contributed by atoms with Gasteiger partial charge in [-0.2, -0.15) is 0 Å². The Morgan fingerprint density at radius 3 is 2.60 bits per heavy atom. The Bertz CT molecular complexity index is 885. The Labute approximate surface area is 146 Å². The van der Waals surface area contributed by atoms with E-state index in [-0.39, 0.29) is 12.1 Å². The fraction of sp³-hybridized carbons (Fsp3) is 0.0952. The van der Waals surface area contributed by atoms with Gasteiger partial charge in [0.15, 0.2) is 0 Å². The largest absolute Gasteiger partial charge is 0.467 e. The quantitative estimate of drug-likeness (QED) is 0.772. The van der Waals surface area contributed by atoms with Crippen LogP contribution in [0.5, 0.6) is 0 Å². The summed E-state index contributed by atoms with van der Waals surface area (Å²) in [6, 6.07) is 21.3. The van der Waals surface area contributed by atoms with Gasteiger partial charge >= 0.3 is 0 Å². The van der Waals surface area contributed by atoms with Crippen molar-refractivity contribution >= 4 is 17.7 Å². The smallest absolute Gasteiger partial charge is 0.258 e. The second kappa shape index (κ2) is 6.69. The standard InChI is InChI=1S/C21H18N2O2/c24-21-18-10-4-5-11-19(18)22-20(13-12-16-7-2-1-3-8-16)23(21)15-17-9-6-14-25-17/h1-14,20,22H,15H2/b13-12+/t20-/m0/s1. The van der Waals surface area contributed by atoms with Crippen LogP contribution in [-0.2, 0) is 6.54 Å². The summed E-state index contributed by atoms with van der Waals surface area (Å²) >= 11 is 0. The number of hydrogen-bond donors (Lipinski definition) is 1. The van der Waals surface area contributed by atoms with E-state index in [9.17, 15) is 4.79 Å². The normalized spacial score (nSPS) is 16.7. The minimum atomic E-state index is -0.243. The van der Waals surface area contributed by atoms with E-state index in [1.54, 1.807) is 11.2 Å². The molecule has 1 aromatic heterocycles. The zero-order valence-electron chi connectivity index (χ0n) is 13.6. The summed E-state index contributed by atoms with van der Waals surface area (Å²) in [6.45, 7) is 0.414. The zero-order valence-corrected chi connectivity index (χ0v) is 13.6. The monoisotopic (exact) mass is 330 g/mol. The number of nitrogens with zero attached hydrogens (tertiary/aromatic N) is 1. The molecule has 2 heterocycles. The molecule has 0 saturated carbocycles. The molecule has 4 heteroatoms. The van der Waals surface area contributed by atoms with E-state index in [0.29, 0.717) is 12.1 Å². The van der Waals surface area contributed by atoms with Gasteiger partial charge in [-0.25, -0.2) is 0 Å².